The minimum atomic E-state index is -0.801. The standard InChI is InChI=1S/C23H25N5O2/c29-22(30)13-16-1-6-19(7-2-16)27-9-11-28(12-10-27)21-8-5-18(14-24-21)23-25-15-20(26-23)17-3-4-17/h1-2,5-8,14-15,17H,3-4,9-13H2,(H,25,26)(H,29,30). The van der Waals surface area contributed by atoms with Gasteiger partial charge in [-0.3, -0.25) is 4.79 Å². The van der Waals surface area contributed by atoms with Crippen molar-refractivity contribution in [2.75, 3.05) is 36.0 Å². The zero-order valence-electron chi connectivity index (χ0n) is 16.8. The smallest absolute Gasteiger partial charge is 0.307 e. The molecule has 0 atom stereocenters. The minimum absolute atomic E-state index is 0.0651. The highest BCUT2D eigenvalue weighted by Crippen LogP contribution is 2.39. The van der Waals surface area contributed by atoms with Gasteiger partial charge in [0.25, 0.3) is 0 Å². The van der Waals surface area contributed by atoms with Gasteiger partial charge in [-0.15, -0.1) is 0 Å². The molecule has 0 unspecified atom stereocenters. The fourth-order valence-corrected chi connectivity index (χ4v) is 3.99. The molecule has 1 aromatic carbocycles. The Hall–Kier alpha value is -3.35. The second kappa shape index (κ2) is 7.82. The maximum absolute atomic E-state index is 10.8. The third-order valence-electron chi connectivity index (χ3n) is 5.89. The van der Waals surface area contributed by atoms with Gasteiger partial charge in [-0.1, -0.05) is 12.1 Å². The van der Waals surface area contributed by atoms with Crippen LogP contribution < -0.4 is 9.80 Å². The zero-order valence-corrected chi connectivity index (χ0v) is 16.8. The molecule has 2 fully saturated rings. The molecule has 2 aromatic heterocycles. The topological polar surface area (TPSA) is 85.4 Å². The maximum Gasteiger partial charge on any atom is 0.307 e. The molecule has 154 valence electrons. The van der Waals surface area contributed by atoms with Crippen LogP contribution in [0.1, 0.15) is 30.0 Å². The van der Waals surface area contributed by atoms with Crippen LogP contribution in [0.3, 0.4) is 0 Å². The first kappa shape index (κ1) is 18.7. The number of hydrogen-bond acceptors (Lipinski definition) is 5. The van der Waals surface area contributed by atoms with Gasteiger partial charge in [0.2, 0.25) is 0 Å². The number of carboxylic acids is 1. The lowest BCUT2D eigenvalue weighted by Gasteiger charge is -2.36. The number of H-pyrrole nitrogens is 1. The zero-order chi connectivity index (χ0) is 20.5. The number of imidazole rings is 1. The van der Waals surface area contributed by atoms with Crippen molar-refractivity contribution in [2.45, 2.75) is 25.2 Å². The van der Waals surface area contributed by atoms with Gasteiger partial charge in [-0.05, 0) is 42.7 Å². The Kier molecular flexibility index (Phi) is 4.86. The van der Waals surface area contributed by atoms with E-state index in [1.807, 2.05) is 36.7 Å². The fraction of sp³-hybridized carbons (Fsp3) is 0.348. The van der Waals surface area contributed by atoms with Crippen molar-refractivity contribution in [2.24, 2.45) is 0 Å². The highest BCUT2D eigenvalue weighted by atomic mass is 16.4. The van der Waals surface area contributed by atoms with Crippen molar-refractivity contribution >= 4 is 17.5 Å². The van der Waals surface area contributed by atoms with Gasteiger partial charge < -0.3 is 19.9 Å². The molecule has 0 radical (unpaired) electrons. The lowest BCUT2D eigenvalue weighted by atomic mass is 10.1. The molecule has 1 saturated heterocycles. The molecule has 7 nitrogen and oxygen atoms in total. The van der Waals surface area contributed by atoms with E-state index in [4.69, 9.17) is 5.11 Å². The number of hydrogen-bond donors (Lipinski definition) is 2. The number of nitrogens with one attached hydrogen (secondary N) is 1. The van der Waals surface area contributed by atoms with Gasteiger partial charge in [0.1, 0.15) is 11.6 Å². The lowest BCUT2D eigenvalue weighted by molar-refractivity contribution is -0.136. The number of pyridine rings is 1. The van der Waals surface area contributed by atoms with E-state index in [0.29, 0.717) is 5.92 Å². The molecule has 5 rings (SSSR count). The van der Waals surface area contributed by atoms with Crippen molar-refractivity contribution < 1.29 is 9.90 Å². The summed E-state index contributed by atoms with van der Waals surface area (Å²) in [5.41, 5.74) is 4.22. The number of benzene rings is 1. The van der Waals surface area contributed by atoms with Crippen LogP contribution in [-0.4, -0.2) is 52.2 Å². The quantitative estimate of drug-likeness (QED) is 0.657. The summed E-state index contributed by atoms with van der Waals surface area (Å²) in [6.07, 6.45) is 6.44. The Morgan fingerprint density at radius 2 is 1.70 bits per heavy atom. The summed E-state index contributed by atoms with van der Waals surface area (Å²) in [5.74, 6) is 1.75. The van der Waals surface area contributed by atoms with E-state index in [9.17, 15) is 4.79 Å². The molecule has 0 spiro atoms. The number of carbonyl (C=O) groups is 1. The van der Waals surface area contributed by atoms with Gasteiger partial charge in [0.05, 0.1) is 6.42 Å². The first-order valence-corrected chi connectivity index (χ1v) is 10.5. The van der Waals surface area contributed by atoms with Crippen molar-refractivity contribution in [1.82, 2.24) is 15.0 Å². The molecular formula is C23H25N5O2. The second-order valence-corrected chi connectivity index (χ2v) is 8.08. The first-order chi connectivity index (χ1) is 14.7. The largest absolute Gasteiger partial charge is 0.481 e. The first-order valence-electron chi connectivity index (χ1n) is 10.5. The van der Waals surface area contributed by atoms with Crippen LogP contribution in [0.25, 0.3) is 11.4 Å². The average molecular weight is 403 g/mol. The highest BCUT2D eigenvalue weighted by Gasteiger charge is 2.25. The number of piperazine rings is 1. The Balaban J connectivity index is 1.19. The van der Waals surface area contributed by atoms with E-state index in [-0.39, 0.29) is 6.42 Å². The van der Waals surface area contributed by atoms with Crippen molar-refractivity contribution in [3.05, 3.63) is 60.0 Å². The molecule has 1 saturated carbocycles. The predicted octanol–water partition coefficient (Wildman–Crippen LogP) is 3.30. The Morgan fingerprint density at radius 1 is 0.967 bits per heavy atom. The van der Waals surface area contributed by atoms with Gasteiger partial charge in [-0.25, -0.2) is 9.97 Å². The number of anilines is 2. The molecule has 3 heterocycles. The SMILES string of the molecule is O=C(O)Cc1ccc(N2CCN(c3ccc(-c4ncc(C5CC5)[nH]4)cn3)CC2)cc1. The van der Waals surface area contributed by atoms with E-state index in [2.05, 4.69) is 36.9 Å². The third-order valence-corrected chi connectivity index (χ3v) is 5.89. The summed E-state index contributed by atoms with van der Waals surface area (Å²) < 4.78 is 0. The molecule has 0 amide bonds. The molecule has 3 aromatic rings. The number of nitrogens with zero attached hydrogens (tertiary/aromatic N) is 4. The maximum atomic E-state index is 10.8. The van der Waals surface area contributed by atoms with Crippen LogP contribution in [0.15, 0.2) is 48.8 Å². The minimum Gasteiger partial charge on any atom is -0.481 e. The van der Waals surface area contributed by atoms with Crippen molar-refractivity contribution in [3.63, 3.8) is 0 Å². The van der Waals surface area contributed by atoms with Crippen molar-refractivity contribution in [3.8, 4) is 11.4 Å². The summed E-state index contributed by atoms with van der Waals surface area (Å²) in [7, 11) is 0. The van der Waals surface area contributed by atoms with E-state index in [0.717, 1.165) is 54.6 Å². The van der Waals surface area contributed by atoms with Gasteiger partial charge in [0.15, 0.2) is 0 Å². The van der Waals surface area contributed by atoms with Crippen LogP contribution in [-0.2, 0) is 11.2 Å². The number of aromatic nitrogens is 3. The monoisotopic (exact) mass is 403 g/mol. The van der Waals surface area contributed by atoms with Crippen LogP contribution in [0.4, 0.5) is 11.5 Å². The van der Waals surface area contributed by atoms with Crippen molar-refractivity contribution in [1.29, 1.82) is 0 Å². The number of aromatic amines is 1. The second-order valence-electron chi connectivity index (χ2n) is 8.08. The van der Waals surface area contributed by atoms with Crippen LogP contribution >= 0.6 is 0 Å². The molecule has 1 aliphatic carbocycles. The molecule has 7 heteroatoms. The summed E-state index contributed by atoms with van der Waals surface area (Å²) >= 11 is 0. The molecule has 2 N–H and O–H groups in total. The summed E-state index contributed by atoms with van der Waals surface area (Å²) in [6.45, 7) is 3.61. The van der Waals surface area contributed by atoms with Crippen LogP contribution in [0.2, 0.25) is 0 Å². The highest BCUT2D eigenvalue weighted by molar-refractivity contribution is 5.70. The summed E-state index contributed by atoms with van der Waals surface area (Å²) in [4.78, 5) is 28.1. The van der Waals surface area contributed by atoms with E-state index in [1.54, 1.807) is 0 Å². The van der Waals surface area contributed by atoms with Gasteiger partial charge >= 0.3 is 5.97 Å². The number of carboxylic acid groups (broad SMARTS) is 1. The average Bonchev–Trinajstić information content (AvgIpc) is 3.51. The van der Waals surface area contributed by atoms with E-state index >= 15 is 0 Å². The van der Waals surface area contributed by atoms with Crippen LogP contribution in [0, 0.1) is 0 Å². The molecular weight excluding hydrogens is 378 g/mol. The third kappa shape index (κ3) is 4.01. The van der Waals surface area contributed by atoms with E-state index in [1.165, 1.54) is 18.5 Å². The van der Waals surface area contributed by atoms with Gasteiger partial charge in [0, 0.05) is 61.4 Å². The van der Waals surface area contributed by atoms with Crippen LogP contribution in [0.5, 0.6) is 0 Å². The van der Waals surface area contributed by atoms with Gasteiger partial charge in [-0.2, -0.15) is 0 Å². The molecule has 30 heavy (non-hydrogen) atoms. The Morgan fingerprint density at radius 3 is 2.33 bits per heavy atom. The Labute approximate surface area is 175 Å². The summed E-state index contributed by atoms with van der Waals surface area (Å²) in [6, 6.07) is 12.0. The molecule has 1 aliphatic heterocycles. The summed E-state index contributed by atoms with van der Waals surface area (Å²) in [5, 5.41) is 8.90. The van der Waals surface area contributed by atoms with E-state index < -0.39 is 5.97 Å². The predicted molar refractivity (Wildman–Crippen MR) is 116 cm³/mol. The number of rotatable bonds is 6. The number of aliphatic carboxylic acids is 1. The fourth-order valence-electron chi connectivity index (χ4n) is 3.99. The molecule has 0 bridgehead atoms. The Bertz CT molecular complexity index is 1020. The molecule has 2 aliphatic rings. The lowest BCUT2D eigenvalue weighted by Crippen LogP contribution is -2.46. The normalized spacial score (nSPS) is 16.7.